The lowest BCUT2D eigenvalue weighted by atomic mass is 9.97. The molecule has 3 N–H and O–H groups in total. The molecule has 0 saturated heterocycles. The van der Waals surface area contributed by atoms with Crippen molar-refractivity contribution in [1.29, 1.82) is 0 Å². The molecule has 94 valence electrons. The Hall–Kier alpha value is -0.570. The number of nitrogens with two attached hydrogens (primary N) is 1. The molecule has 3 heteroatoms. The molecule has 16 heavy (non-hydrogen) atoms. The molecular formula is C13H26N2O. The number of carbonyl (C=O) groups is 1. The smallest absolute Gasteiger partial charge is 0.240 e. The highest BCUT2D eigenvalue weighted by atomic mass is 16.2. The van der Waals surface area contributed by atoms with Gasteiger partial charge < -0.3 is 11.1 Å². The van der Waals surface area contributed by atoms with Gasteiger partial charge in [-0.05, 0) is 31.6 Å². The summed E-state index contributed by atoms with van der Waals surface area (Å²) in [6.07, 6.45) is 7.82. The maximum absolute atomic E-state index is 11.7. The Balaban J connectivity index is 2.22. The Labute approximate surface area is 99.2 Å². The topological polar surface area (TPSA) is 55.1 Å². The van der Waals surface area contributed by atoms with Gasteiger partial charge in [0.25, 0.3) is 0 Å². The zero-order chi connectivity index (χ0) is 12.0. The van der Waals surface area contributed by atoms with Crippen molar-refractivity contribution in [2.45, 2.75) is 64.3 Å². The lowest BCUT2D eigenvalue weighted by molar-refractivity contribution is -0.123. The maximum Gasteiger partial charge on any atom is 0.240 e. The van der Waals surface area contributed by atoms with Crippen LogP contribution in [0, 0.1) is 5.92 Å². The molecule has 0 spiro atoms. The summed E-state index contributed by atoms with van der Waals surface area (Å²) in [5.74, 6) is 0.696. The van der Waals surface area contributed by atoms with Crippen LogP contribution in [-0.4, -0.2) is 18.0 Å². The standard InChI is InChI=1S/C13H26N2O/c1-3-5-7-11(6-4-2)10-15-12(16)13(14)8-9-13/h11H,3-10,14H2,1-2H3,(H,15,16). The molecule has 0 aliphatic heterocycles. The van der Waals surface area contributed by atoms with Crippen molar-refractivity contribution in [3.63, 3.8) is 0 Å². The number of nitrogens with one attached hydrogen (secondary N) is 1. The molecule has 0 bridgehead atoms. The molecule has 1 unspecified atom stereocenters. The van der Waals surface area contributed by atoms with Gasteiger partial charge in [0, 0.05) is 6.54 Å². The third kappa shape index (κ3) is 4.12. The van der Waals surface area contributed by atoms with Gasteiger partial charge in [0.15, 0.2) is 0 Å². The molecule has 0 aromatic rings. The SMILES string of the molecule is CCCCC(CCC)CNC(=O)C1(N)CC1. The fourth-order valence-corrected chi connectivity index (χ4v) is 2.02. The minimum absolute atomic E-state index is 0.0603. The number of rotatable bonds is 8. The second-order valence-corrected chi connectivity index (χ2v) is 5.16. The van der Waals surface area contributed by atoms with E-state index in [4.69, 9.17) is 5.73 Å². The van der Waals surface area contributed by atoms with Crippen molar-refractivity contribution in [3.05, 3.63) is 0 Å². The van der Waals surface area contributed by atoms with Gasteiger partial charge in [-0.15, -0.1) is 0 Å². The molecule has 1 aliphatic carbocycles. The summed E-state index contributed by atoms with van der Waals surface area (Å²) < 4.78 is 0. The first-order valence-electron chi connectivity index (χ1n) is 6.69. The van der Waals surface area contributed by atoms with Gasteiger partial charge in [0.05, 0.1) is 5.54 Å². The van der Waals surface area contributed by atoms with Gasteiger partial charge in [0.1, 0.15) is 0 Å². The molecule has 1 rings (SSSR count). The van der Waals surface area contributed by atoms with Crippen LogP contribution in [0.4, 0.5) is 0 Å². The van der Waals surface area contributed by atoms with Crippen LogP contribution in [-0.2, 0) is 4.79 Å². The molecule has 3 nitrogen and oxygen atoms in total. The summed E-state index contributed by atoms with van der Waals surface area (Å²) in [7, 11) is 0. The number of carbonyl (C=O) groups excluding carboxylic acids is 1. The van der Waals surface area contributed by atoms with Gasteiger partial charge >= 0.3 is 0 Å². The average molecular weight is 226 g/mol. The fraction of sp³-hybridized carbons (Fsp3) is 0.923. The number of unbranched alkanes of at least 4 members (excludes halogenated alkanes) is 1. The van der Waals surface area contributed by atoms with Gasteiger partial charge in [-0.2, -0.15) is 0 Å². The van der Waals surface area contributed by atoms with Gasteiger partial charge in [-0.3, -0.25) is 4.79 Å². The highest BCUT2D eigenvalue weighted by Gasteiger charge is 2.45. The first kappa shape index (κ1) is 13.5. The monoisotopic (exact) mass is 226 g/mol. The molecule has 0 aromatic heterocycles. The fourth-order valence-electron chi connectivity index (χ4n) is 2.02. The lowest BCUT2D eigenvalue weighted by Gasteiger charge is -2.18. The van der Waals surface area contributed by atoms with Crippen LogP contribution in [0.5, 0.6) is 0 Å². The van der Waals surface area contributed by atoms with Crippen LogP contribution in [0.2, 0.25) is 0 Å². The second kappa shape index (κ2) is 6.24. The van der Waals surface area contributed by atoms with Crippen LogP contribution in [0.3, 0.4) is 0 Å². The van der Waals surface area contributed by atoms with Crippen LogP contribution < -0.4 is 11.1 Å². The Morgan fingerprint density at radius 2 is 2.00 bits per heavy atom. The van der Waals surface area contributed by atoms with E-state index in [9.17, 15) is 4.79 Å². The van der Waals surface area contributed by atoms with Crippen LogP contribution >= 0.6 is 0 Å². The van der Waals surface area contributed by atoms with E-state index in [0.717, 1.165) is 19.4 Å². The van der Waals surface area contributed by atoms with Crippen molar-refractivity contribution < 1.29 is 4.79 Å². The predicted octanol–water partition coefficient (Wildman–Crippen LogP) is 2.20. The van der Waals surface area contributed by atoms with Gasteiger partial charge in [-0.25, -0.2) is 0 Å². The quantitative estimate of drug-likeness (QED) is 0.666. The number of hydrogen-bond acceptors (Lipinski definition) is 2. The summed E-state index contributed by atoms with van der Waals surface area (Å²) in [6.45, 7) is 5.22. The lowest BCUT2D eigenvalue weighted by Crippen LogP contribution is -2.44. The van der Waals surface area contributed by atoms with Crippen LogP contribution in [0.15, 0.2) is 0 Å². The molecular weight excluding hydrogens is 200 g/mol. The van der Waals surface area contributed by atoms with Gasteiger partial charge in [0.2, 0.25) is 5.91 Å². The summed E-state index contributed by atoms with van der Waals surface area (Å²) in [5.41, 5.74) is 5.33. The van der Waals surface area contributed by atoms with Crippen LogP contribution in [0.25, 0.3) is 0 Å². The van der Waals surface area contributed by atoms with Crippen molar-refractivity contribution in [1.82, 2.24) is 5.32 Å². The average Bonchev–Trinajstić information content (AvgIpc) is 3.01. The minimum atomic E-state index is -0.512. The maximum atomic E-state index is 11.7. The molecule has 0 heterocycles. The third-order valence-electron chi connectivity index (χ3n) is 3.46. The van der Waals surface area contributed by atoms with Crippen molar-refractivity contribution in [2.75, 3.05) is 6.54 Å². The highest BCUT2D eigenvalue weighted by molar-refractivity contribution is 5.88. The number of amides is 1. The van der Waals surface area contributed by atoms with Crippen LogP contribution in [0.1, 0.15) is 58.8 Å². The third-order valence-corrected chi connectivity index (χ3v) is 3.46. The normalized spacial score (nSPS) is 19.2. The van der Waals surface area contributed by atoms with E-state index >= 15 is 0 Å². The Bertz CT molecular complexity index is 224. The Morgan fingerprint density at radius 1 is 1.31 bits per heavy atom. The predicted molar refractivity (Wildman–Crippen MR) is 67.1 cm³/mol. The zero-order valence-electron chi connectivity index (χ0n) is 10.7. The van der Waals surface area contributed by atoms with Gasteiger partial charge in [-0.1, -0.05) is 33.1 Å². The molecule has 1 atom stereocenters. The van der Waals surface area contributed by atoms with E-state index < -0.39 is 5.54 Å². The van der Waals surface area contributed by atoms with E-state index in [1.807, 2.05) is 0 Å². The molecule has 1 saturated carbocycles. The first-order chi connectivity index (χ1) is 7.62. The van der Waals surface area contributed by atoms with Crippen molar-refractivity contribution in [2.24, 2.45) is 11.7 Å². The number of hydrogen-bond donors (Lipinski definition) is 2. The molecule has 1 amide bonds. The van der Waals surface area contributed by atoms with E-state index in [0.29, 0.717) is 5.92 Å². The molecule has 1 aliphatic rings. The minimum Gasteiger partial charge on any atom is -0.354 e. The molecule has 0 aromatic carbocycles. The van der Waals surface area contributed by atoms with E-state index in [2.05, 4.69) is 19.2 Å². The van der Waals surface area contributed by atoms with E-state index in [-0.39, 0.29) is 5.91 Å². The zero-order valence-corrected chi connectivity index (χ0v) is 10.7. The summed E-state index contributed by atoms with van der Waals surface area (Å²) in [4.78, 5) is 11.7. The Kier molecular flexibility index (Phi) is 5.26. The summed E-state index contributed by atoms with van der Waals surface area (Å²) >= 11 is 0. The Morgan fingerprint density at radius 3 is 2.50 bits per heavy atom. The summed E-state index contributed by atoms with van der Waals surface area (Å²) in [6, 6.07) is 0. The largest absolute Gasteiger partial charge is 0.354 e. The second-order valence-electron chi connectivity index (χ2n) is 5.16. The first-order valence-corrected chi connectivity index (χ1v) is 6.69. The molecule has 0 radical (unpaired) electrons. The van der Waals surface area contributed by atoms with E-state index in [1.165, 1.54) is 32.1 Å². The summed E-state index contributed by atoms with van der Waals surface area (Å²) in [5, 5.41) is 3.01. The van der Waals surface area contributed by atoms with Crippen molar-refractivity contribution in [3.8, 4) is 0 Å². The molecule has 1 fully saturated rings. The van der Waals surface area contributed by atoms with E-state index in [1.54, 1.807) is 0 Å². The van der Waals surface area contributed by atoms with Crippen molar-refractivity contribution >= 4 is 5.91 Å². The highest BCUT2D eigenvalue weighted by Crippen LogP contribution is 2.32.